The molecular weight excluding hydrogens is 353 g/mol. The van der Waals surface area contributed by atoms with E-state index in [0.717, 1.165) is 12.8 Å². The fourth-order valence-electron chi connectivity index (χ4n) is 2.76. The van der Waals surface area contributed by atoms with Gasteiger partial charge in [-0.2, -0.15) is 0 Å². The van der Waals surface area contributed by atoms with Crippen molar-refractivity contribution in [2.45, 2.75) is 25.4 Å². The number of para-hydroxylation sites is 1. The van der Waals surface area contributed by atoms with Gasteiger partial charge in [-0.3, -0.25) is 4.79 Å². The lowest BCUT2D eigenvalue weighted by Gasteiger charge is -2.22. The van der Waals surface area contributed by atoms with Crippen molar-refractivity contribution in [3.05, 3.63) is 59.4 Å². The van der Waals surface area contributed by atoms with Crippen LogP contribution in [0.2, 0.25) is 0 Å². The fourth-order valence-corrected chi connectivity index (χ4v) is 2.76. The van der Waals surface area contributed by atoms with E-state index >= 15 is 0 Å². The maximum Gasteiger partial charge on any atom is 0.342 e. The average molecular weight is 373 g/mol. The summed E-state index contributed by atoms with van der Waals surface area (Å²) in [6, 6.07) is 10.7. The fraction of sp³-hybridized carbons (Fsp3) is 0.300. The standard InChI is InChI=1S/C20H20FNO5/c1-26-17-8-4-6-15(19(17)24)20(25)27-12-18(23)22(14-9-10-14)11-13-5-2-3-7-16(13)21/h2-8,14,24H,9-12H2,1H3. The van der Waals surface area contributed by atoms with E-state index in [4.69, 9.17) is 9.47 Å². The van der Waals surface area contributed by atoms with Gasteiger partial charge in [-0.15, -0.1) is 0 Å². The quantitative estimate of drug-likeness (QED) is 0.756. The summed E-state index contributed by atoms with van der Waals surface area (Å²) in [4.78, 5) is 26.2. The number of amides is 1. The van der Waals surface area contributed by atoms with Crippen molar-refractivity contribution in [2.75, 3.05) is 13.7 Å². The monoisotopic (exact) mass is 373 g/mol. The van der Waals surface area contributed by atoms with Crippen LogP contribution >= 0.6 is 0 Å². The van der Waals surface area contributed by atoms with Gasteiger partial charge < -0.3 is 19.5 Å². The Morgan fingerprint density at radius 1 is 1.19 bits per heavy atom. The van der Waals surface area contributed by atoms with Gasteiger partial charge in [0.2, 0.25) is 0 Å². The highest BCUT2D eigenvalue weighted by molar-refractivity contribution is 5.94. The van der Waals surface area contributed by atoms with E-state index < -0.39 is 18.5 Å². The van der Waals surface area contributed by atoms with Crippen LogP contribution in [0.5, 0.6) is 11.5 Å². The maximum atomic E-state index is 13.9. The molecule has 0 spiro atoms. The van der Waals surface area contributed by atoms with E-state index in [0.29, 0.717) is 5.56 Å². The number of methoxy groups -OCH3 is 1. The smallest absolute Gasteiger partial charge is 0.342 e. The molecule has 0 bridgehead atoms. The van der Waals surface area contributed by atoms with E-state index in [2.05, 4.69) is 0 Å². The van der Waals surface area contributed by atoms with E-state index in [1.165, 1.54) is 36.3 Å². The van der Waals surface area contributed by atoms with Gasteiger partial charge in [0, 0.05) is 18.2 Å². The first-order valence-electron chi connectivity index (χ1n) is 8.57. The number of ether oxygens (including phenoxy) is 2. The second-order valence-corrected chi connectivity index (χ2v) is 6.28. The molecule has 3 rings (SSSR count). The summed E-state index contributed by atoms with van der Waals surface area (Å²) in [5.41, 5.74) is 0.323. The van der Waals surface area contributed by atoms with Gasteiger partial charge in [-0.1, -0.05) is 24.3 Å². The molecule has 7 heteroatoms. The summed E-state index contributed by atoms with van der Waals surface area (Å²) in [5.74, 6) is -1.83. The van der Waals surface area contributed by atoms with Gasteiger partial charge in [-0.05, 0) is 31.0 Å². The molecule has 0 saturated heterocycles. The van der Waals surface area contributed by atoms with E-state index in [9.17, 15) is 19.1 Å². The van der Waals surface area contributed by atoms with Crippen molar-refractivity contribution in [1.29, 1.82) is 0 Å². The molecule has 2 aromatic rings. The number of benzene rings is 2. The number of carbonyl (C=O) groups excluding carboxylic acids is 2. The van der Waals surface area contributed by atoms with Crippen LogP contribution in [-0.2, 0) is 16.1 Å². The average Bonchev–Trinajstić information content (AvgIpc) is 3.50. The number of rotatable bonds is 7. The van der Waals surface area contributed by atoms with Gasteiger partial charge in [0.15, 0.2) is 18.1 Å². The first-order valence-corrected chi connectivity index (χ1v) is 8.57. The first kappa shape index (κ1) is 18.7. The summed E-state index contributed by atoms with van der Waals surface area (Å²) in [6.07, 6.45) is 1.68. The van der Waals surface area contributed by atoms with E-state index in [-0.39, 0.29) is 35.5 Å². The van der Waals surface area contributed by atoms with Crippen LogP contribution < -0.4 is 4.74 Å². The highest BCUT2D eigenvalue weighted by Crippen LogP contribution is 2.31. The number of carbonyl (C=O) groups is 2. The van der Waals surface area contributed by atoms with Crippen molar-refractivity contribution in [3.63, 3.8) is 0 Å². The van der Waals surface area contributed by atoms with Crippen LogP contribution in [0.1, 0.15) is 28.8 Å². The molecule has 27 heavy (non-hydrogen) atoms. The molecule has 0 unspecified atom stereocenters. The molecule has 0 heterocycles. The van der Waals surface area contributed by atoms with Crippen molar-refractivity contribution in [3.8, 4) is 11.5 Å². The number of halogens is 1. The summed E-state index contributed by atoms with van der Waals surface area (Å²) >= 11 is 0. The molecule has 1 aliphatic rings. The van der Waals surface area contributed by atoms with E-state index in [1.54, 1.807) is 18.2 Å². The minimum absolute atomic E-state index is 0.0287. The molecule has 2 aromatic carbocycles. The predicted octanol–water partition coefficient (Wildman–Crippen LogP) is 2.89. The Kier molecular flexibility index (Phi) is 5.59. The Morgan fingerprint density at radius 3 is 2.59 bits per heavy atom. The second-order valence-electron chi connectivity index (χ2n) is 6.28. The third-order valence-electron chi connectivity index (χ3n) is 4.37. The van der Waals surface area contributed by atoms with Gasteiger partial charge >= 0.3 is 5.97 Å². The summed E-state index contributed by atoms with van der Waals surface area (Å²) in [7, 11) is 1.36. The van der Waals surface area contributed by atoms with Gasteiger partial charge in [-0.25, -0.2) is 9.18 Å². The molecule has 6 nitrogen and oxygen atoms in total. The van der Waals surface area contributed by atoms with Crippen LogP contribution in [0.3, 0.4) is 0 Å². The number of hydrogen-bond acceptors (Lipinski definition) is 5. The lowest BCUT2D eigenvalue weighted by atomic mass is 10.2. The number of hydrogen-bond donors (Lipinski definition) is 1. The van der Waals surface area contributed by atoms with Crippen LogP contribution in [0.25, 0.3) is 0 Å². The normalized spacial score (nSPS) is 13.1. The highest BCUT2D eigenvalue weighted by atomic mass is 19.1. The van der Waals surface area contributed by atoms with Crippen LogP contribution in [0.4, 0.5) is 4.39 Å². The van der Waals surface area contributed by atoms with Crippen molar-refractivity contribution in [2.24, 2.45) is 0 Å². The lowest BCUT2D eigenvalue weighted by molar-refractivity contribution is -0.135. The Labute approximate surface area is 156 Å². The molecule has 1 amide bonds. The number of phenolic OH excluding ortho intramolecular Hbond substituents is 1. The van der Waals surface area contributed by atoms with Crippen LogP contribution in [-0.4, -0.2) is 41.6 Å². The molecule has 0 aliphatic heterocycles. The Hall–Kier alpha value is -3.09. The largest absolute Gasteiger partial charge is 0.504 e. The highest BCUT2D eigenvalue weighted by Gasteiger charge is 2.33. The number of nitrogens with zero attached hydrogens (tertiary/aromatic N) is 1. The third-order valence-corrected chi connectivity index (χ3v) is 4.37. The molecule has 0 radical (unpaired) electrons. The summed E-state index contributed by atoms with van der Waals surface area (Å²) in [6.45, 7) is -0.363. The zero-order valence-electron chi connectivity index (χ0n) is 14.9. The molecule has 1 fully saturated rings. The topological polar surface area (TPSA) is 76.1 Å². The molecule has 0 aromatic heterocycles. The molecular formula is C20H20FNO5. The Bertz CT molecular complexity index is 850. The minimum atomic E-state index is -0.832. The number of phenols is 1. The van der Waals surface area contributed by atoms with Crippen molar-refractivity contribution < 1.29 is 28.6 Å². The second kappa shape index (κ2) is 8.07. The molecule has 1 saturated carbocycles. The van der Waals surface area contributed by atoms with Gasteiger partial charge in [0.1, 0.15) is 11.4 Å². The third kappa shape index (κ3) is 4.36. The number of aromatic hydroxyl groups is 1. The molecule has 142 valence electrons. The lowest BCUT2D eigenvalue weighted by Crippen LogP contribution is -2.36. The van der Waals surface area contributed by atoms with Crippen molar-refractivity contribution in [1.82, 2.24) is 4.90 Å². The van der Waals surface area contributed by atoms with Crippen LogP contribution in [0, 0.1) is 5.82 Å². The van der Waals surface area contributed by atoms with E-state index in [1.807, 2.05) is 0 Å². The summed E-state index contributed by atoms with van der Waals surface area (Å²) < 4.78 is 23.9. The Morgan fingerprint density at radius 2 is 1.93 bits per heavy atom. The van der Waals surface area contributed by atoms with Gasteiger partial charge in [0.25, 0.3) is 5.91 Å². The van der Waals surface area contributed by atoms with Crippen LogP contribution in [0.15, 0.2) is 42.5 Å². The predicted molar refractivity (Wildman–Crippen MR) is 94.9 cm³/mol. The van der Waals surface area contributed by atoms with Crippen molar-refractivity contribution >= 4 is 11.9 Å². The zero-order valence-corrected chi connectivity index (χ0v) is 14.9. The minimum Gasteiger partial charge on any atom is -0.504 e. The molecule has 1 aliphatic carbocycles. The van der Waals surface area contributed by atoms with Gasteiger partial charge in [0.05, 0.1) is 7.11 Å². The summed E-state index contributed by atoms with van der Waals surface area (Å²) in [5, 5.41) is 9.99. The first-order chi connectivity index (χ1) is 13.0. The Balaban J connectivity index is 1.65. The molecule has 0 atom stereocenters. The molecule has 1 N–H and O–H groups in total. The zero-order chi connectivity index (χ0) is 19.4. The number of esters is 1. The maximum absolute atomic E-state index is 13.9. The SMILES string of the molecule is COc1cccc(C(=O)OCC(=O)N(Cc2ccccc2F)C2CC2)c1O.